The molecule has 0 spiro atoms. The van der Waals surface area contributed by atoms with Gasteiger partial charge in [0, 0.05) is 17.9 Å². The highest BCUT2D eigenvalue weighted by molar-refractivity contribution is 8.01. The minimum atomic E-state index is -2.44. The third-order valence-electron chi connectivity index (χ3n) is 4.46. The van der Waals surface area contributed by atoms with Crippen LogP contribution in [0.5, 0.6) is 0 Å². The average Bonchev–Trinajstić information content (AvgIpc) is 2.59. The Morgan fingerprint density at radius 2 is 1.81 bits per heavy atom. The Morgan fingerprint density at radius 1 is 1.19 bits per heavy atom. The van der Waals surface area contributed by atoms with Crippen LogP contribution in [-0.2, 0) is 39.9 Å². The Bertz CT molecular complexity index is 915. The predicted molar refractivity (Wildman–Crippen MR) is 118 cm³/mol. The molecule has 1 aromatic carbocycles. The number of hydrogen-bond acceptors (Lipinski definition) is 7. The summed E-state index contributed by atoms with van der Waals surface area (Å²) in [5.74, 6) is -1.07. The lowest BCUT2D eigenvalue weighted by atomic mass is 9.76. The molecule has 1 aliphatic rings. The van der Waals surface area contributed by atoms with Crippen molar-refractivity contribution in [1.29, 1.82) is 0 Å². The van der Waals surface area contributed by atoms with Crippen LogP contribution >= 0.6 is 0 Å². The first-order chi connectivity index (χ1) is 14.3. The van der Waals surface area contributed by atoms with Crippen LogP contribution in [0.1, 0.15) is 32.8 Å². The molecule has 1 aromatic rings. The number of Topliss-reactive ketones (excluding diaryl/α,β-unsaturated/α-hetero) is 1. The first-order valence-corrected chi connectivity index (χ1v) is 12.3. The van der Waals surface area contributed by atoms with Crippen LogP contribution in [-0.4, -0.2) is 64.8 Å². The number of alkyl carbamates (subject to hydrolysis) is 1. The smallest absolute Gasteiger partial charge is 0.408 e. The summed E-state index contributed by atoms with van der Waals surface area (Å²) in [5, 5.41) is 3.70. The quantitative estimate of drug-likeness (QED) is 0.473. The minimum absolute atomic E-state index is 0.0213. The van der Waals surface area contributed by atoms with Gasteiger partial charge in [0.15, 0.2) is 5.78 Å². The standard InChI is InChI=1S/C22H31NO7S/c1-21(2,3)30-20(26)23-17(19(25)29-12-16-9-7-6-8-10-16)11-22(14-28-15-22)18(24)13-31(4,5)27/h6-10,13,17H,11-12,14-15H2,1-5H3,(H,23,26). The summed E-state index contributed by atoms with van der Waals surface area (Å²) in [6, 6.07) is 7.97. The molecule has 1 amide bonds. The first-order valence-electron chi connectivity index (χ1n) is 9.91. The largest absolute Gasteiger partial charge is 0.459 e. The highest BCUT2D eigenvalue weighted by atomic mass is 32.2. The van der Waals surface area contributed by atoms with E-state index in [2.05, 4.69) is 5.32 Å². The van der Waals surface area contributed by atoms with Gasteiger partial charge in [-0.1, -0.05) is 30.3 Å². The zero-order valence-electron chi connectivity index (χ0n) is 18.6. The summed E-state index contributed by atoms with van der Waals surface area (Å²) in [7, 11) is -2.44. The fourth-order valence-corrected chi connectivity index (χ4v) is 3.72. The van der Waals surface area contributed by atoms with Crippen molar-refractivity contribution in [3.8, 4) is 0 Å². The molecule has 0 bridgehead atoms. The molecule has 8 nitrogen and oxygen atoms in total. The number of benzene rings is 1. The van der Waals surface area contributed by atoms with Crippen molar-refractivity contribution in [2.45, 2.75) is 45.4 Å². The summed E-state index contributed by atoms with van der Waals surface area (Å²) < 4.78 is 28.0. The summed E-state index contributed by atoms with van der Waals surface area (Å²) in [5.41, 5.74) is -1.03. The van der Waals surface area contributed by atoms with Gasteiger partial charge in [0.25, 0.3) is 0 Å². The predicted octanol–water partition coefficient (Wildman–Crippen LogP) is 1.95. The molecule has 1 atom stereocenters. The van der Waals surface area contributed by atoms with Crippen LogP contribution in [0.4, 0.5) is 4.79 Å². The fourth-order valence-electron chi connectivity index (χ4n) is 2.96. The SMILES string of the molecule is CC(C)(C)OC(=O)NC(CC1(C(=O)C=S(C)(C)=O)COC1)C(=O)OCc1ccccc1. The topological polar surface area (TPSA) is 108 Å². The van der Waals surface area contributed by atoms with Crippen LogP contribution in [0.3, 0.4) is 0 Å². The van der Waals surface area contributed by atoms with Gasteiger partial charge in [-0.25, -0.2) is 9.59 Å². The molecular weight excluding hydrogens is 422 g/mol. The molecule has 1 heterocycles. The zero-order chi connectivity index (χ0) is 23.3. The number of esters is 1. The van der Waals surface area contributed by atoms with Gasteiger partial charge >= 0.3 is 12.1 Å². The number of hydrogen-bond donors (Lipinski definition) is 1. The average molecular weight is 454 g/mol. The van der Waals surface area contributed by atoms with Crippen molar-refractivity contribution in [3.05, 3.63) is 35.9 Å². The zero-order valence-corrected chi connectivity index (χ0v) is 19.5. The molecule has 31 heavy (non-hydrogen) atoms. The van der Waals surface area contributed by atoms with Gasteiger partial charge in [-0.2, -0.15) is 0 Å². The van der Waals surface area contributed by atoms with Crippen molar-refractivity contribution in [2.75, 3.05) is 25.7 Å². The van der Waals surface area contributed by atoms with Gasteiger partial charge in [0.1, 0.15) is 18.2 Å². The molecule has 1 N–H and O–H groups in total. The van der Waals surface area contributed by atoms with Crippen molar-refractivity contribution >= 4 is 32.7 Å². The van der Waals surface area contributed by atoms with Crippen LogP contribution in [0.25, 0.3) is 0 Å². The monoisotopic (exact) mass is 453 g/mol. The fraction of sp³-hybridized carbons (Fsp3) is 0.545. The molecule has 0 saturated carbocycles. The summed E-state index contributed by atoms with van der Waals surface area (Å²) in [6.45, 7) is 5.26. The number of rotatable bonds is 8. The van der Waals surface area contributed by atoms with E-state index in [0.29, 0.717) is 0 Å². The van der Waals surface area contributed by atoms with E-state index >= 15 is 0 Å². The second-order valence-corrected chi connectivity index (χ2v) is 11.9. The maximum atomic E-state index is 12.8. The number of amides is 1. The Kier molecular flexibility index (Phi) is 7.88. The Labute approximate surface area is 183 Å². The van der Waals surface area contributed by atoms with Crippen molar-refractivity contribution in [1.82, 2.24) is 5.32 Å². The minimum Gasteiger partial charge on any atom is -0.459 e. The van der Waals surface area contributed by atoms with Crippen molar-refractivity contribution < 1.29 is 32.8 Å². The van der Waals surface area contributed by atoms with E-state index < -0.39 is 38.6 Å². The molecule has 0 radical (unpaired) electrons. The van der Waals surface area contributed by atoms with Crippen LogP contribution < -0.4 is 5.32 Å². The van der Waals surface area contributed by atoms with E-state index in [-0.39, 0.29) is 32.0 Å². The van der Waals surface area contributed by atoms with E-state index in [0.717, 1.165) is 5.56 Å². The summed E-state index contributed by atoms with van der Waals surface area (Å²) in [6.07, 6.45) is 2.08. The van der Waals surface area contributed by atoms with E-state index in [9.17, 15) is 18.6 Å². The second kappa shape index (κ2) is 9.82. The second-order valence-electron chi connectivity index (χ2n) is 9.06. The number of carbonyl (C=O) groups excluding carboxylic acids is 3. The van der Waals surface area contributed by atoms with Crippen molar-refractivity contribution in [2.24, 2.45) is 5.41 Å². The first kappa shape index (κ1) is 24.9. The number of ether oxygens (including phenoxy) is 3. The molecule has 9 heteroatoms. The van der Waals surface area contributed by atoms with E-state index in [1.165, 1.54) is 17.9 Å². The van der Waals surface area contributed by atoms with Crippen molar-refractivity contribution in [3.63, 3.8) is 0 Å². The highest BCUT2D eigenvalue weighted by Gasteiger charge is 2.48. The van der Waals surface area contributed by atoms with Crippen LogP contribution in [0.2, 0.25) is 0 Å². The normalized spacial score (nSPS) is 16.4. The van der Waals surface area contributed by atoms with Gasteiger partial charge in [-0.15, -0.1) is 0 Å². The molecule has 1 fully saturated rings. The molecule has 1 unspecified atom stereocenters. The van der Waals surface area contributed by atoms with Gasteiger partial charge in [0.2, 0.25) is 0 Å². The third kappa shape index (κ3) is 7.99. The van der Waals surface area contributed by atoms with Gasteiger partial charge in [-0.05, 0) is 42.3 Å². The number of ketones is 1. The maximum Gasteiger partial charge on any atom is 0.408 e. The van der Waals surface area contributed by atoms with E-state index in [1.54, 1.807) is 20.8 Å². The molecule has 172 valence electrons. The molecule has 1 saturated heterocycles. The number of nitrogens with one attached hydrogen (secondary N) is 1. The summed E-state index contributed by atoms with van der Waals surface area (Å²) in [4.78, 5) is 38.0. The Balaban J connectivity index is 2.19. The molecule has 0 aromatic heterocycles. The summed E-state index contributed by atoms with van der Waals surface area (Å²) >= 11 is 0. The third-order valence-corrected chi connectivity index (χ3v) is 5.25. The molecule has 0 aliphatic carbocycles. The Hall–Kier alpha value is -2.39. The maximum absolute atomic E-state index is 12.8. The van der Waals surface area contributed by atoms with Gasteiger partial charge < -0.3 is 19.5 Å². The molecule has 2 rings (SSSR count). The lowest BCUT2D eigenvalue weighted by Crippen LogP contribution is -2.56. The highest BCUT2D eigenvalue weighted by Crippen LogP contribution is 2.34. The lowest BCUT2D eigenvalue weighted by molar-refractivity contribution is -0.161. The lowest BCUT2D eigenvalue weighted by Gasteiger charge is -2.41. The van der Waals surface area contributed by atoms with E-state index in [4.69, 9.17) is 14.2 Å². The van der Waals surface area contributed by atoms with Crippen LogP contribution in [0.15, 0.2) is 30.3 Å². The van der Waals surface area contributed by atoms with Crippen LogP contribution in [0, 0.1) is 5.41 Å². The number of carbonyl (C=O) groups is 3. The Morgan fingerprint density at radius 3 is 2.29 bits per heavy atom. The van der Waals surface area contributed by atoms with Gasteiger partial charge in [0.05, 0.1) is 18.6 Å². The molecule has 1 aliphatic heterocycles. The van der Waals surface area contributed by atoms with E-state index in [1.807, 2.05) is 30.3 Å². The molecular formula is C22H31NO7S. The van der Waals surface area contributed by atoms with Gasteiger partial charge in [-0.3, -0.25) is 9.00 Å².